The van der Waals surface area contributed by atoms with Crippen molar-refractivity contribution in [1.29, 1.82) is 0 Å². The summed E-state index contributed by atoms with van der Waals surface area (Å²) < 4.78 is 10.3. The van der Waals surface area contributed by atoms with Gasteiger partial charge in [-0.05, 0) is 26.0 Å². The van der Waals surface area contributed by atoms with Gasteiger partial charge in [-0.15, -0.1) is 0 Å². The van der Waals surface area contributed by atoms with Crippen LogP contribution in [-0.4, -0.2) is 48.7 Å². The van der Waals surface area contributed by atoms with E-state index in [2.05, 4.69) is 0 Å². The summed E-state index contributed by atoms with van der Waals surface area (Å²) in [4.78, 5) is 11.3. The van der Waals surface area contributed by atoms with E-state index in [0.717, 1.165) is 5.75 Å². The standard InChI is InChI=1S/C12H16O3.Na.H/c1-3-14-12(13)10(2)9-15-11-7-5-4-6-8-11;;/h4-8,10H,3,9H2,1-2H3;;. The van der Waals surface area contributed by atoms with Crippen LogP contribution in [0.1, 0.15) is 13.8 Å². The minimum absolute atomic E-state index is 0. The molecule has 1 rings (SSSR count). The van der Waals surface area contributed by atoms with Crippen molar-refractivity contribution < 1.29 is 14.3 Å². The third-order valence-corrected chi connectivity index (χ3v) is 1.93. The van der Waals surface area contributed by atoms with E-state index in [1.165, 1.54) is 0 Å². The predicted octanol–water partition coefficient (Wildman–Crippen LogP) is 1.62. The Bertz CT molecular complexity index is 300. The molecule has 4 heteroatoms. The molecule has 0 radical (unpaired) electrons. The second kappa shape index (κ2) is 8.62. The Kier molecular flexibility index (Phi) is 8.35. The number of carbonyl (C=O) groups is 1. The van der Waals surface area contributed by atoms with Gasteiger partial charge in [0.2, 0.25) is 0 Å². The maximum atomic E-state index is 11.3. The number of ether oxygens (including phenoxy) is 2. The van der Waals surface area contributed by atoms with E-state index in [-0.39, 0.29) is 41.4 Å². The van der Waals surface area contributed by atoms with Crippen molar-refractivity contribution in [2.75, 3.05) is 13.2 Å². The van der Waals surface area contributed by atoms with E-state index >= 15 is 0 Å². The fraction of sp³-hybridized carbons (Fsp3) is 0.417. The summed E-state index contributed by atoms with van der Waals surface area (Å²) in [6.07, 6.45) is 0. The van der Waals surface area contributed by atoms with E-state index in [1.807, 2.05) is 30.3 Å². The number of para-hydroxylation sites is 1. The van der Waals surface area contributed by atoms with Crippen LogP contribution >= 0.6 is 0 Å². The van der Waals surface area contributed by atoms with E-state index in [4.69, 9.17) is 9.47 Å². The van der Waals surface area contributed by atoms with Gasteiger partial charge >= 0.3 is 35.5 Å². The fourth-order valence-electron chi connectivity index (χ4n) is 1.09. The zero-order valence-electron chi connectivity index (χ0n) is 9.10. The molecule has 0 aliphatic heterocycles. The van der Waals surface area contributed by atoms with Crippen LogP contribution in [0, 0.1) is 5.92 Å². The monoisotopic (exact) mass is 232 g/mol. The van der Waals surface area contributed by atoms with Crippen molar-refractivity contribution in [2.24, 2.45) is 5.92 Å². The molecule has 1 unspecified atom stereocenters. The molecule has 1 aromatic carbocycles. The van der Waals surface area contributed by atoms with Gasteiger partial charge in [0.1, 0.15) is 12.4 Å². The molecular formula is C12H17NaO3. The second-order valence-corrected chi connectivity index (χ2v) is 3.28. The first-order valence-corrected chi connectivity index (χ1v) is 5.08. The molecule has 0 fully saturated rings. The molecule has 0 spiro atoms. The molecule has 0 amide bonds. The van der Waals surface area contributed by atoms with E-state index < -0.39 is 0 Å². The molecule has 0 heterocycles. The molecule has 0 saturated heterocycles. The normalized spacial score (nSPS) is 11.1. The first kappa shape index (κ1) is 15.5. The molecule has 0 N–H and O–H groups in total. The van der Waals surface area contributed by atoms with Crippen LogP contribution < -0.4 is 4.74 Å². The Morgan fingerprint density at radius 1 is 1.31 bits per heavy atom. The Hall–Kier alpha value is -0.510. The Morgan fingerprint density at radius 2 is 1.94 bits per heavy atom. The first-order chi connectivity index (χ1) is 7.24. The summed E-state index contributed by atoms with van der Waals surface area (Å²) in [5, 5.41) is 0. The summed E-state index contributed by atoms with van der Waals surface area (Å²) in [7, 11) is 0. The third kappa shape index (κ3) is 5.54. The average molecular weight is 232 g/mol. The summed E-state index contributed by atoms with van der Waals surface area (Å²) in [5.41, 5.74) is 0. The number of hydrogen-bond acceptors (Lipinski definition) is 3. The SMILES string of the molecule is CCOC(=O)C(C)COc1ccccc1.[NaH]. The molecule has 0 bridgehead atoms. The molecule has 0 saturated carbocycles. The number of rotatable bonds is 5. The van der Waals surface area contributed by atoms with E-state index in [1.54, 1.807) is 13.8 Å². The molecule has 1 atom stereocenters. The quantitative estimate of drug-likeness (QED) is 0.571. The van der Waals surface area contributed by atoms with Crippen LogP contribution in [0.15, 0.2) is 30.3 Å². The van der Waals surface area contributed by atoms with Crippen LogP contribution in [0.5, 0.6) is 5.75 Å². The van der Waals surface area contributed by atoms with Crippen molar-refractivity contribution >= 4 is 35.5 Å². The fourth-order valence-corrected chi connectivity index (χ4v) is 1.09. The Morgan fingerprint density at radius 3 is 2.50 bits per heavy atom. The number of carbonyl (C=O) groups excluding carboxylic acids is 1. The van der Waals surface area contributed by atoms with Crippen molar-refractivity contribution in [3.63, 3.8) is 0 Å². The Balaban J connectivity index is 0.00000225. The van der Waals surface area contributed by atoms with Crippen molar-refractivity contribution in [3.8, 4) is 5.75 Å². The zero-order valence-corrected chi connectivity index (χ0v) is 9.10. The van der Waals surface area contributed by atoms with Crippen molar-refractivity contribution in [1.82, 2.24) is 0 Å². The summed E-state index contributed by atoms with van der Waals surface area (Å²) >= 11 is 0. The van der Waals surface area contributed by atoms with Crippen molar-refractivity contribution in [3.05, 3.63) is 30.3 Å². The molecular weight excluding hydrogens is 215 g/mol. The third-order valence-electron chi connectivity index (χ3n) is 1.93. The van der Waals surface area contributed by atoms with Gasteiger partial charge in [0, 0.05) is 0 Å². The molecule has 0 aliphatic rings. The van der Waals surface area contributed by atoms with Crippen LogP contribution in [0.4, 0.5) is 0 Å². The van der Waals surface area contributed by atoms with Gasteiger partial charge in [0.25, 0.3) is 0 Å². The summed E-state index contributed by atoms with van der Waals surface area (Å²) in [6.45, 7) is 4.35. The van der Waals surface area contributed by atoms with E-state index in [9.17, 15) is 4.79 Å². The van der Waals surface area contributed by atoms with Gasteiger partial charge in [-0.3, -0.25) is 4.79 Å². The van der Waals surface area contributed by atoms with Crippen LogP contribution in [0.3, 0.4) is 0 Å². The molecule has 1 aromatic rings. The zero-order chi connectivity index (χ0) is 11.1. The number of esters is 1. The molecule has 84 valence electrons. The van der Waals surface area contributed by atoms with Crippen LogP contribution in [0.2, 0.25) is 0 Å². The average Bonchev–Trinajstić information content (AvgIpc) is 2.27. The van der Waals surface area contributed by atoms with E-state index in [0.29, 0.717) is 13.2 Å². The molecule has 3 nitrogen and oxygen atoms in total. The van der Waals surface area contributed by atoms with Gasteiger partial charge in [-0.1, -0.05) is 18.2 Å². The molecule has 16 heavy (non-hydrogen) atoms. The van der Waals surface area contributed by atoms with Gasteiger partial charge < -0.3 is 9.47 Å². The van der Waals surface area contributed by atoms with Gasteiger partial charge in [0.15, 0.2) is 0 Å². The first-order valence-electron chi connectivity index (χ1n) is 5.08. The van der Waals surface area contributed by atoms with Crippen LogP contribution in [0.25, 0.3) is 0 Å². The minimum atomic E-state index is -0.231. The Labute approximate surface area is 118 Å². The van der Waals surface area contributed by atoms with Gasteiger partial charge in [-0.2, -0.15) is 0 Å². The predicted molar refractivity (Wildman–Crippen MR) is 64.9 cm³/mol. The van der Waals surface area contributed by atoms with Crippen LogP contribution in [-0.2, 0) is 9.53 Å². The molecule has 0 aliphatic carbocycles. The maximum absolute atomic E-state index is 11.3. The second-order valence-electron chi connectivity index (χ2n) is 3.28. The number of benzene rings is 1. The topological polar surface area (TPSA) is 35.5 Å². The molecule has 0 aromatic heterocycles. The van der Waals surface area contributed by atoms with Gasteiger partial charge in [0.05, 0.1) is 12.5 Å². The summed E-state index contributed by atoms with van der Waals surface area (Å²) in [6, 6.07) is 9.42. The van der Waals surface area contributed by atoms with Gasteiger partial charge in [-0.25, -0.2) is 0 Å². The summed E-state index contributed by atoms with van der Waals surface area (Å²) in [5.74, 6) is 0.326. The number of hydrogen-bond donors (Lipinski definition) is 0. The van der Waals surface area contributed by atoms with Crippen molar-refractivity contribution in [2.45, 2.75) is 13.8 Å².